The normalized spacial score (nSPS) is 13.6. The summed E-state index contributed by atoms with van der Waals surface area (Å²) in [5, 5.41) is 10.5. The third kappa shape index (κ3) is 2.96. The van der Waals surface area contributed by atoms with Crippen molar-refractivity contribution in [2.24, 2.45) is 5.73 Å². The molecule has 0 saturated heterocycles. The first kappa shape index (κ1) is 13.6. The Balaban J connectivity index is 2.25. The molecule has 1 atom stereocenters. The third-order valence-corrected chi connectivity index (χ3v) is 4.06. The van der Waals surface area contributed by atoms with E-state index in [1.165, 1.54) is 6.92 Å². The van der Waals surface area contributed by atoms with Crippen molar-refractivity contribution in [3.8, 4) is 11.6 Å². The van der Waals surface area contributed by atoms with Crippen LogP contribution in [0.3, 0.4) is 0 Å². The molecule has 0 aliphatic heterocycles. The van der Waals surface area contributed by atoms with Crippen LogP contribution in [0.2, 0.25) is 0 Å². The largest absolute Gasteiger partial charge is 0.332 e. The van der Waals surface area contributed by atoms with Gasteiger partial charge in [0.25, 0.3) is 5.89 Å². The van der Waals surface area contributed by atoms with Crippen molar-refractivity contribution < 1.29 is 12.9 Å². The van der Waals surface area contributed by atoms with Crippen LogP contribution in [0.25, 0.3) is 11.6 Å². The first-order chi connectivity index (χ1) is 8.91. The minimum atomic E-state index is -3.27. The van der Waals surface area contributed by atoms with Gasteiger partial charge in [0.1, 0.15) is 5.25 Å². The van der Waals surface area contributed by atoms with Crippen LogP contribution < -0.4 is 5.73 Å². The Morgan fingerprint density at radius 3 is 2.89 bits per heavy atom. The summed E-state index contributed by atoms with van der Waals surface area (Å²) in [6, 6.07) is 0. The molecule has 2 heterocycles. The predicted octanol–water partition coefficient (Wildman–Crippen LogP) is -0.608. The molecule has 0 bridgehead atoms. The average Bonchev–Trinajstić information content (AvgIpc) is 2.94. The monoisotopic (exact) mass is 286 g/mol. The van der Waals surface area contributed by atoms with Gasteiger partial charge in [-0.05, 0) is 6.92 Å². The van der Waals surface area contributed by atoms with E-state index in [9.17, 15) is 8.42 Å². The lowest BCUT2D eigenvalue weighted by Gasteiger charge is -2.01. The SMILES string of the molecule is CC(c1noc(-c2cn(CCN)nn2)n1)S(C)(=O)=O. The minimum Gasteiger partial charge on any atom is -0.332 e. The molecule has 0 aliphatic carbocycles. The fourth-order valence-electron chi connectivity index (χ4n) is 1.33. The predicted molar refractivity (Wildman–Crippen MR) is 65.6 cm³/mol. The van der Waals surface area contributed by atoms with Gasteiger partial charge in [0.15, 0.2) is 21.4 Å². The molecule has 0 aliphatic rings. The molecular weight excluding hydrogens is 272 g/mol. The maximum Gasteiger partial charge on any atom is 0.280 e. The molecule has 2 aromatic rings. The molecule has 0 aromatic carbocycles. The summed E-state index contributed by atoms with van der Waals surface area (Å²) in [5.41, 5.74) is 5.78. The van der Waals surface area contributed by atoms with E-state index in [-0.39, 0.29) is 11.7 Å². The van der Waals surface area contributed by atoms with Gasteiger partial charge in [-0.2, -0.15) is 4.98 Å². The smallest absolute Gasteiger partial charge is 0.280 e. The summed E-state index contributed by atoms with van der Waals surface area (Å²) in [7, 11) is -3.27. The van der Waals surface area contributed by atoms with Gasteiger partial charge in [-0.15, -0.1) is 5.10 Å². The highest BCUT2D eigenvalue weighted by Gasteiger charge is 2.24. The molecule has 0 fully saturated rings. The Morgan fingerprint density at radius 2 is 2.26 bits per heavy atom. The van der Waals surface area contributed by atoms with Gasteiger partial charge in [-0.25, -0.2) is 8.42 Å². The van der Waals surface area contributed by atoms with E-state index in [0.29, 0.717) is 18.8 Å². The molecule has 0 amide bonds. The number of rotatable bonds is 5. The average molecular weight is 286 g/mol. The second kappa shape index (κ2) is 5.05. The zero-order valence-electron chi connectivity index (χ0n) is 10.5. The molecule has 0 spiro atoms. The van der Waals surface area contributed by atoms with E-state index in [2.05, 4.69) is 20.5 Å². The lowest BCUT2D eigenvalue weighted by atomic mass is 10.4. The van der Waals surface area contributed by atoms with Crippen molar-refractivity contribution in [3.05, 3.63) is 12.0 Å². The highest BCUT2D eigenvalue weighted by atomic mass is 32.2. The van der Waals surface area contributed by atoms with E-state index in [1.54, 1.807) is 10.9 Å². The number of aromatic nitrogens is 5. The second-order valence-corrected chi connectivity index (χ2v) is 6.45. The van der Waals surface area contributed by atoms with Gasteiger partial charge < -0.3 is 10.3 Å². The van der Waals surface area contributed by atoms with E-state index in [4.69, 9.17) is 10.3 Å². The summed E-state index contributed by atoms with van der Waals surface area (Å²) in [5.74, 6) is 0.236. The molecule has 0 saturated carbocycles. The number of sulfone groups is 1. The van der Waals surface area contributed by atoms with Crippen LogP contribution in [0.15, 0.2) is 10.7 Å². The number of nitrogens with two attached hydrogens (primary N) is 1. The van der Waals surface area contributed by atoms with E-state index in [0.717, 1.165) is 6.26 Å². The topological polar surface area (TPSA) is 130 Å². The molecular formula is C9H14N6O3S. The lowest BCUT2D eigenvalue weighted by Crippen LogP contribution is -2.10. The summed E-state index contributed by atoms with van der Waals surface area (Å²) < 4.78 is 29.3. The highest BCUT2D eigenvalue weighted by molar-refractivity contribution is 7.90. The van der Waals surface area contributed by atoms with E-state index >= 15 is 0 Å². The maximum atomic E-state index is 11.4. The van der Waals surface area contributed by atoms with Gasteiger partial charge in [0, 0.05) is 12.8 Å². The summed E-state index contributed by atoms with van der Waals surface area (Å²) in [4.78, 5) is 4.02. The molecule has 104 valence electrons. The van der Waals surface area contributed by atoms with Crippen molar-refractivity contribution in [3.63, 3.8) is 0 Å². The minimum absolute atomic E-state index is 0.103. The third-order valence-electron chi connectivity index (χ3n) is 2.56. The van der Waals surface area contributed by atoms with Crippen LogP contribution >= 0.6 is 0 Å². The molecule has 2 N–H and O–H groups in total. The fraction of sp³-hybridized carbons (Fsp3) is 0.556. The molecule has 19 heavy (non-hydrogen) atoms. The second-order valence-electron chi connectivity index (χ2n) is 4.09. The zero-order valence-corrected chi connectivity index (χ0v) is 11.3. The Bertz CT molecular complexity index is 661. The maximum absolute atomic E-state index is 11.4. The van der Waals surface area contributed by atoms with Crippen LogP contribution in [0, 0.1) is 0 Å². The first-order valence-corrected chi connectivity index (χ1v) is 7.50. The van der Waals surface area contributed by atoms with Crippen molar-refractivity contribution in [2.75, 3.05) is 12.8 Å². The Hall–Kier alpha value is -1.81. The Kier molecular flexibility index (Phi) is 3.62. The molecule has 2 aromatic heterocycles. The number of hydrogen-bond acceptors (Lipinski definition) is 8. The highest BCUT2D eigenvalue weighted by Crippen LogP contribution is 2.21. The van der Waals surface area contributed by atoms with Crippen LogP contribution in [-0.4, -0.2) is 46.4 Å². The van der Waals surface area contributed by atoms with Crippen molar-refractivity contribution >= 4 is 9.84 Å². The zero-order chi connectivity index (χ0) is 14.0. The van der Waals surface area contributed by atoms with Crippen molar-refractivity contribution in [1.82, 2.24) is 25.1 Å². The summed E-state index contributed by atoms with van der Waals surface area (Å²) in [6.45, 7) is 2.45. The molecule has 1 unspecified atom stereocenters. The summed E-state index contributed by atoms with van der Waals surface area (Å²) >= 11 is 0. The standard InChI is InChI=1S/C9H14N6O3S/c1-6(19(2,16)17)8-11-9(18-13-8)7-5-15(4-3-10)14-12-7/h5-6H,3-4,10H2,1-2H3. The lowest BCUT2D eigenvalue weighted by molar-refractivity contribution is 0.420. The van der Waals surface area contributed by atoms with Gasteiger partial charge in [0.2, 0.25) is 0 Å². The van der Waals surface area contributed by atoms with E-state index in [1.807, 2.05) is 0 Å². The van der Waals surface area contributed by atoms with Crippen LogP contribution in [0.1, 0.15) is 18.0 Å². The molecule has 2 rings (SSSR count). The van der Waals surface area contributed by atoms with Crippen LogP contribution in [-0.2, 0) is 16.4 Å². The van der Waals surface area contributed by atoms with Gasteiger partial charge in [-0.1, -0.05) is 10.4 Å². The quantitative estimate of drug-likeness (QED) is 0.770. The first-order valence-electron chi connectivity index (χ1n) is 5.55. The van der Waals surface area contributed by atoms with Crippen molar-refractivity contribution in [1.29, 1.82) is 0 Å². The van der Waals surface area contributed by atoms with Crippen LogP contribution in [0.4, 0.5) is 0 Å². The Labute approximate surface area is 109 Å². The molecule has 0 radical (unpaired) electrons. The van der Waals surface area contributed by atoms with Gasteiger partial charge in [-0.3, -0.25) is 4.68 Å². The van der Waals surface area contributed by atoms with Gasteiger partial charge in [0.05, 0.1) is 12.7 Å². The number of nitrogens with zero attached hydrogens (tertiary/aromatic N) is 5. The van der Waals surface area contributed by atoms with Crippen LogP contribution in [0.5, 0.6) is 0 Å². The molecule has 10 heteroatoms. The fourth-order valence-corrected chi connectivity index (χ4v) is 1.81. The van der Waals surface area contributed by atoms with Gasteiger partial charge >= 0.3 is 0 Å². The van der Waals surface area contributed by atoms with Crippen molar-refractivity contribution in [2.45, 2.75) is 18.7 Å². The Morgan fingerprint density at radius 1 is 1.53 bits per heavy atom. The molecule has 9 nitrogen and oxygen atoms in total. The van der Waals surface area contributed by atoms with E-state index < -0.39 is 15.1 Å². The summed E-state index contributed by atoms with van der Waals surface area (Å²) in [6.07, 6.45) is 2.72. The number of hydrogen-bond donors (Lipinski definition) is 1.